The van der Waals surface area contributed by atoms with E-state index in [2.05, 4.69) is 4.98 Å². The number of esters is 1. The van der Waals surface area contributed by atoms with Crippen LogP contribution in [0.15, 0.2) is 35.4 Å². The number of ether oxygens (including phenoxy) is 1. The minimum atomic E-state index is -1.06. The van der Waals surface area contributed by atoms with Crippen LogP contribution in [0.5, 0.6) is 0 Å². The number of hydrogen-bond acceptors (Lipinski definition) is 4. The molecule has 2 aromatic rings. The fraction of sp³-hybridized carbons (Fsp3) is 0.231. The molecule has 0 spiro atoms. The molecule has 0 saturated heterocycles. The van der Waals surface area contributed by atoms with Gasteiger partial charge in [-0.1, -0.05) is 11.6 Å². The Balaban J connectivity index is 2.01. The molecule has 1 heterocycles. The fourth-order valence-electron chi connectivity index (χ4n) is 1.55. The van der Waals surface area contributed by atoms with E-state index in [9.17, 15) is 9.00 Å². The minimum absolute atomic E-state index is 0.0452. The minimum Gasteiger partial charge on any atom is -0.454 e. The van der Waals surface area contributed by atoms with Crippen LogP contribution in [0.2, 0.25) is 5.15 Å². The van der Waals surface area contributed by atoms with Crippen molar-refractivity contribution >= 4 is 28.4 Å². The van der Waals surface area contributed by atoms with E-state index < -0.39 is 16.8 Å². The summed E-state index contributed by atoms with van der Waals surface area (Å²) >= 11 is 5.84. The van der Waals surface area contributed by atoms with Crippen LogP contribution in [0.4, 0.5) is 0 Å². The third kappa shape index (κ3) is 3.26. The van der Waals surface area contributed by atoms with Crippen LogP contribution in [-0.4, -0.2) is 26.0 Å². The van der Waals surface area contributed by atoms with Gasteiger partial charge in [0, 0.05) is 29.0 Å². The predicted octanol–water partition coefficient (Wildman–Crippen LogP) is 2.17. The lowest BCUT2D eigenvalue weighted by Gasteiger charge is -2.05. The molecule has 0 N–H and O–H groups in total. The smallest absolute Gasteiger partial charge is 0.338 e. The van der Waals surface area contributed by atoms with Gasteiger partial charge < -0.3 is 9.30 Å². The Hall–Kier alpha value is -1.66. The first kappa shape index (κ1) is 14.7. The molecule has 5 nitrogen and oxygen atoms in total. The first-order valence-electron chi connectivity index (χ1n) is 5.75. The summed E-state index contributed by atoms with van der Waals surface area (Å²) in [5, 5.41) is 0.478. The van der Waals surface area contributed by atoms with Gasteiger partial charge in [0.05, 0.1) is 11.8 Å². The Morgan fingerprint density at radius 3 is 2.55 bits per heavy atom. The van der Waals surface area contributed by atoms with Gasteiger partial charge in [-0.2, -0.15) is 0 Å². The van der Waals surface area contributed by atoms with Gasteiger partial charge in [-0.15, -0.1) is 0 Å². The number of benzene rings is 1. The van der Waals surface area contributed by atoms with Crippen LogP contribution < -0.4 is 0 Å². The zero-order chi connectivity index (χ0) is 14.7. The summed E-state index contributed by atoms with van der Waals surface area (Å²) in [5.41, 5.74) is 0.402. The molecule has 0 amide bonds. The third-order valence-electron chi connectivity index (χ3n) is 2.78. The number of aromatic nitrogens is 2. The molecule has 1 atom stereocenters. The van der Waals surface area contributed by atoms with Crippen LogP contribution in [0, 0.1) is 0 Å². The molecule has 20 heavy (non-hydrogen) atoms. The number of rotatable bonds is 4. The number of nitrogens with zero attached hydrogens (tertiary/aromatic N) is 2. The van der Waals surface area contributed by atoms with Crippen LogP contribution in [0.1, 0.15) is 16.2 Å². The van der Waals surface area contributed by atoms with Crippen molar-refractivity contribution in [1.82, 2.24) is 9.55 Å². The van der Waals surface area contributed by atoms with Gasteiger partial charge in [0.25, 0.3) is 0 Å². The summed E-state index contributed by atoms with van der Waals surface area (Å²) in [6, 6.07) is 6.46. The molecule has 0 aliphatic rings. The van der Waals surface area contributed by atoms with Crippen molar-refractivity contribution in [3.05, 3.63) is 47.0 Å². The van der Waals surface area contributed by atoms with Crippen molar-refractivity contribution in [2.24, 2.45) is 7.05 Å². The molecule has 0 bridgehead atoms. The molecule has 7 heteroatoms. The molecule has 0 saturated carbocycles. The second-order valence-corrected chi connectivity index (χ2v) is 5.88. The highest BCUT2D eigenvalue weighted by molar-refractivity contribution is 7.84. The number of imidazole rings is 1. The molecule has 0 aliphatic heterocycles. The van der Waals surface area contributed by atoms with Crippen molar-refractivity contribution in [3.63, 3.8) is 0 Å². The average Bonchev–Trinajstić information content (AvgIpc) is 2.76. The van der Waals surface area contributed by atoms with Crippen LogP contribution in [0.3, 0.4) is 0 Å². The summed E-state index contributed by atoms with van der Waals surface area (Å²) in [5.74, 6) is 0.104. The quantitative estimate of drug-likeness (QED) is 0.812. The summed E-state index contributed by atoms with van der Waals surface area (Å²) in [6.07, 6.45) is 3.08. The summed E-state index contributed by atoms with van der Waals surface area (Å²) < 4.78 is 18.0. The van der Waals surface area contributed by atoms with Gasteiger partial charge in [-0.05, 0) is 24.3 Å². The zero-order valence-corrected chi connectivity index (χ0v) is 12.6. The van der Waals surface area contributed by atoms with Crippen molar-refractivity contribution in [2.75, 3.05) is 6.26 Å². The van der Waals surface area contributed by atoms with E-state index in [0.29, 0.717) is 21.4 Å². The van der Waals surface area contributed by atoms with E-state index in [1.165, 1.54) is 6.20 Å². The Labute approximate surface area is 124 Å². The Morgan fingerprint density at radius 1 is 1.40 bits per heavy atom. The number of carbonyl (C=O) groups is 1. The third-order valence-corrected chi connectivity index (χ3v) is 4.07. The summed E-state index contributed by atoms with van der Waals surface area (Å²) in [6.45, 7) is 0.0452. The highest BCUT2D eigenvalue weighted by atomic mass is 35.5. The number of carbonyl (C=O) groups excluding carboxylic acids is 1. The molecule has 1 aromatic heterocycles. The molecule has 1 aromatic carbocycles. The van der Waals surface area contributed by atoms with E-state index in [4.69, 9.17) is 16.3 Å². The SMILES string of the molecule is Cn1c(Cl)cnc1COC(=O)c1ccc([S@](C)=O)cc1. The molecule has 0 radical (unpaired) electrons. The molecule has 2 rings (SSSR count). The standard InChI is InChI=1S/C13H13ClN2O3S/c1-16-11(14)7-15-12(16)8-19-13(17)9-3-5-10(6-4-9)20(2)18/h3-7H,8H2,1-2H3/t20-/m0/s1. The van der Waals surface area contributed by atoms with E-state index >= 15 is 0 Å². The van der Waals surface area contributed by atoms with Crippen LogP contribution >= 0.6 is 11.6 Å². The second-order valence-electron chi connectivity index (χ2n) is 4.11. The van der Waals surface area contributed by atoms with Crippen LogP contribution in [-0.2, 0) is 29.2 Å². The Bertz CT molecular complexity index is 652. The van der Waals surface area contributed by atoms with Gasteiger partial charge >= 0.3 is 5.97 Å². The highest BCUT2D eigenvalue weighted by Crippen LogP contribution is 2.12. The lowest BCUT2D eigenvalue weighted by atomic mass is 10.2. The van der Waals surface area contributed by atoms with Crippen molar-refractivity contribution < 1.29 is 13.7 Å². The van der Waals surface area contributed by atoms with Gasteiger partial charge in [-0.3, -0.25) is 4.21 Å². The number of hydrogen-bond donors (Lipinski definition) is 0. The van der Waals surface area contributed by atoms with Crippen molar-refractivity contribution in [3.8, 4) is 0 Å². The molecule has 106 valence electrons. The molecular weight excluding hydrogens is 300 g/mol. The lowest BCUT2D eigenvalue weighted by molar-refractivity contribution is 0.0459. The monoisotopic (exact) mass is 312 g/mol. The topological polar surface area (TPSA) is 61.2 Å². The Morgan fingerprint density at radius 2 is 2.05 bits per heavy atom. The predicted molar refractivity (Wildman–Crippen MR) is 76.1 cm³/mol. The Kier molecular flexibility index (Phi) is 4.57. The average molecular weight is 313 g/mol. The largest absolute Gasteiger partial charge is 0.454 e. The van der Waals surface area contributed by atoms with Gasteiger partial charge in [0.15, 0.2) is 0 Å². The van der Waals surface area contributed by atoms with Crippen molar-refractivity contribution in [2.45, 2.75) is 11.5 Å². The van der Waals surface area contributed by atoms with E-state index in [1.54, 1.807) is 42.1 Å². The summed E-state index contributed by atoms with van der Waals surface area (Å²) in [4.78, 5) is 16.5. The zero-order valence-electron chi connectivity index (χ0n) is 11.0. The molecular formula is C13H13ClN2O3S. The maximum absolute atomic E-state index is 11.8. The van der Waals surface area contributed by atoms with E-state index in [1.807, 2.05) is 0 Å². The first-order valence-corrected chi connectivity index (χ1v) is 7.69. The normalized spacial score (nSPS) is 12.2. The summed E-state index contributed by atoms with van der Waals surface area (Å²) in [7, 11) is 0.676. The molecule has 0 aliphatic carbocycles. The maximum Gasteiger partial charge on any atom is 0.338 e. The van der Waals surface area contributed by atoms with Gasteiger partial charge in [-0.25, -0.2) is 9.78 Å². The highest BCUT2D eigenvalue weighted by Gasteiger charge is 2.11. The number of halogens is 1. The molecule has 0 fully saturated rings. The van der Waals surface area contributed by atoms with Crippen LogP contribution in [0.25, 0.3) is 0 Å². The van der Waals surface area contributed by atoms with E-state index in [0.717, 1.165) is 0 Å². The lowest BCUT2D eigenvalue weighted by Crippen LogP contribution is -2.08. The van der Waals surface area contributed by atoms with E-state index in [-0.39, 0.29) is 6.61 Å². The van der Waals surface area contributed by atoms with Gasteiger partial charge in [0.1, 0.15) is 17.6 Å². The van der Waals surface area contributed by atoms with Crippen molar-refractivity contribution in [1.29, 1.82) is 0 Å². The first-order chi connectivity index (χ1) is 9.49. The second kappa shape index (κ2) is 6.19. The fourth-order valence-corrected chi connectivity index (χ4v) is 2.22. The maximum atomic E-state index is 11.8. The van der Waals surface area contributed by atoms with Gasteiger partial charge in [0.2, 0.25) is 0 Å². The molecule has 0 unspecified atom stereocenters.